The summed E-state index contributed by atoms with van der Waals surface area (Å²) in [5, 5.41) is 6.53. The third kappa shape index (κ3) is 4.34. The number of ketones is 1. The lowest BCUT2D eigenvalue weighted by atomic mass is 9.77. The van der Waals surface area contributed by atoms with E-state index in [0.29, 0.717) is 15.6 Å². The van der Waals surface area contributed by atoms with Gasteiger partial charge in [-0.1, -0.05) is 35.9 Å². The summed E-state index contributed by atoms with van der Waals surface area (Å²) in [6.45, 7) is -0.0175. The van der Waals surface area contributed by atoms with Crippen LogP contribution in [0.15, 0.2) is 70.3 Å². The summed E-state index contributed by atoms with van der Waals surface area (Å²) in [5.41, 5.74) is 1.24. The summed E-state index contributed by atoms with van der Waals surface area (Å²) in [5.74, 6) is -3.26. The van der Waals surface area contributed by atoms with Gasteiger partial charge in [0.1, 0.15) is 5.25 Å². The quantitative estimate of drug-likeness (QED) is 0.438. The lowest BCUT2D eigenvalue weighted by Crippen LogP contribution is -2.57. The van der Waals surface area contributed by atoms with Crippen molar-refractivity contribution in [3.05, 3.63) is 81.5 Å². The number of amides is 1. The number of Topliss-reactive ketones (excluding diaryl/α,β-unsaturated/α-hetero) is 1. The average Bonchev–Trinajstić information content (AvgIpc) is 3.47. The largest absolute Gasteiger partial charge is 0.365 e. The number of piperidine rings is 1. The highest BCUT2D eigenvalue weighted by molar-refractivity contribution is 8.01. The van der Waals surface area contributed by atoms with Crippen LogP contribution in [0, 0.1) is 0 Å². The van der Waals surface area contributed by atoms with Crippen LogP contribution in [0.4, 0.5) is 14.5 Å². The zero-order valence-corrected chi connectivity index (χ0v) is 20.4. The predicted molar refractivity (Wildman–Crippen MR) is 132 cm³/mol. The number of rotatable bonds is 5. The van der Waals surface area contributed by atoms with Crippen molar-refractivity contribution in [3.8, 4) is 0 Å². The van der Waals surface area contributed by atoms with E-state index in [9.17, 15) is 18.4 Å². The Labute approximate surface area is 209 Å². The Kier molecular flexibility index (Phi) is 6.16. The molecule has 0 saturated carbocycles. The number of nitrogens with one attached hydrogen (secondary N) is 1. The van der Waals surface area contributed by atoms with Crippen LogP contribution < -0.4 is 10.2 Å². The van der Waals surface area contributed by atoms with E-state index in [-0.39, 0.29) is 37.6 Å². The van der Waals surface area contributed by atoms with E-state index >= 15 is 0 Å². The number of thioether (sulfide) groups is 1. The average molecular weight is 519 g/mol. The molecule has 176 valence electrons. The molecule has 5 rings (SSSR count). The van der Waals surface area contributed by atoms with Crippen LogP contribution in [-0.4, -0.2) is 36.0 Å². The minimum absolute atomic E-state index is 0.0821. The van der Waals surface area contributed by atoms with Crippen LogP contribution in [-0.2, 0) is 15.1 Å². The molecule has 9 heteroatoms. The molecule has 2 aliphatic rings. The molecular formula is C25H21ClF2N2O2S2. The topological polar surface area (TPSA) is 49.4 Å². The van der Waals surface area contributed by atoms with Crippen molar-refractivity contribution in [1.29, 1.82) is 0 Å². The van der Waals surface area contributed by atoms with Gasteiger partial charge in [0.15, 0.2) is 5.78 Å². The van der Waals surface area contributed by atoms with Gasteiger partial charge in [0.2, 0.25) is 5.91 Å². The van der Waals surface area contributed by atoms with E-state index in [1.165, 1.54) is 11.3 Å². The number of carbonyl (C=O) groups is 2. The third-order valence-electron chi connectivity index (χ3n) is 6.30. The Balaban J connectivity index is 1.44. The van der Waals surface area contributed by atoms with Crippen LogP contribution in [0.5, 0.6) is 0 Å². The highest BCUT2D eigenvalue weighted by Crippen LogP contribution is 2.42. The molecule has 1 aromatic heterocycles. The van der Waals surface area contributed by atoms with Crippen LogP contribution in [0.3, 0.4) is 0 Å². The third-order valence-corrected chi connectivity index (χ3v) is 8.74. The molecule has 0 spiro atoms. The minimum Gasteiger partial charge on any atom is -0.365 e. The molecule has 2 aliphatic heterocycles. The van der Waals surface area contributed by atoms with Gasteiger partial charge >= 0.3 is 0 Å². The van der Waals surface area contributed by atoms with Crippen LogP contribution in [0.1, 0.15) is 24.0 Å². The number of alkyl halides is 2. The number of nitrogens with zero attached hydrogens (tertiary/aromatic N) is 1. The maximum absolute atomic E-state index is 13.7. The zero-order chi connectivity index (χ0) is 23.9. The lowest BCUT2D eigenvalue weighted by molar-refractivity contribution is -0.132. The molecule has 3 aromatic rings. The first-order chi connectivity index (χ1) is 16.3. The first kappa shape index (κ1) is 23.3. The predicted octanol–water partition coefficient (Wildman–Crippen LogP) is 5.74. The van der Waals surface area contributed by atoms with Gasteiger partial charge in [0, 0.05) is 30.0 Å². The summed E-state index contributed by atoms with van der Waals surface area (Å²) in [6, 6.07) is 16.2. The maximum atomic E-state index is 13.7. The molecule has 1 amide bonds. The van der Waals surface area contributed by atoms with Crippen molar-refractivity contribution in [2.45, 2.75) is 34.4 Å². The standard InChI is InChI=1S/C25H21ClF2N2O2S2/c26-19-3-1-2-4-21(19)34-22-20(31)13-25(29-23(22)32,17-9-12-33-14-17)16-5-7-18(8-6-16)30-11-10-24(27,28)15-30/h1-9,12,14,22H,10-11,13,15H2,(H,29,32). The monoisotopic (exact) mass is 518 g/mol. The molecule has 0 bridgehead atoms. The second-order valence-electron chi connectivity index (χ2n) is 8.55. The zero-order valence-electron chi connectivity index (χ0n) is 18.0. The van der Waals surface area contributed by atoms with Crippen LogP contribution in [0.2, 0.25) is 5.02 Å². The van der Waals surface area contributed by atoms with Gasteiger partial charge in [-0.25, -0.2) is 8.78 Å². The summed E-state index contributed by atoms with van der Waals surface area (Å²) in [6.07, 6.45) is -0.0820. The lowest BCUT2D eigenvalue weighted by Gasteiger charge is -2.40. The molecule has 3 heterocycles. The highest BCUT2D eigenvalue weighted by Gasteiger charge is 2.47. The Hall–Kier alpha value is -2.42. The Morgan fingerprint density at radius 2 is 1.82 bits per heavy atom. The Bertz CT molecular complexity index is 1200. The van der Waals surface area contributed by atoms with E-state index in [4.69, 9.17) is 11.6 Å². The van der Waals surface area contributed by atoms with Crippen LogP contribution >= 0.6 is 34.7 Å². The fourth-order valence-corrected chi connectivity index (χ4v) is 6.51. The first-order valence-electron chi connectivity index (χ1n) is 10.8. The summed E-state index contributed by atoms with van der Waals surface area (Å²) >= 11 is 8.88. The SMILES string of the molecule is O=C1CC(c2ccc(N3CCC(F)(F)C3)cc2)(c2ccsc2)NC(=O)C1Sc1ccccc1Cl. The van der Waals surface area contributed by atoms with E-state index in [2.05, 4.69) is 5.32 Å². The maximum Gasteiger partial charge on any atom is 0.266 e. The number of hydrogen-bond acceptors (Lipinski definition) is 5. The van der Waals surface area contributed by atoms with E-state index < -0.39 is 16.7 Å². The second-order valence-corrected chi connectivity index (χ2v) is 10.9. The number of anilines is 1. The molecule has 1 N–H and O–H groups in total. The molecule has 0 radical (unpaired) electrons. The highest BCUT2D eigenvalue weighted by atomic mass is 35.5. The molecule has 0 aliphatic carbocycles. The fourth-order valence-electron chi connectivity index (χ4n) is 4.54. The minimum atomic E-state index is -2.69. The second kappa shape index (κ2) is 8.98. The summed E-state index contributed by atoms with van der Waals surface area (Å²) < 4.78 is 27.3. The normalized spacial score (nSPS) is 24.3. The van der Waals surface area contributed by atoms with E-state index in [1.54, 1.807) is 35.2 Å². The summed E-state index contributed by atoms with van der Waals surface area (Å²) in [7, 11) is 0. The van der Waals surface area contributed by atoms with Gasteiger partial charge in [0.05, 0.1) is 17.1 Å². The van der Waals surface area contributed by atoms with Gasteiger partial charge in [-0.2, -0.15) is 11.3 Å². The molecule has 34 heavy (non-hydrogen) atoms. The van der Waals surface area contributed by atoms with E-state index in [0.717, 1.165) is 22.9 Å². The molecule has 2 unspecified atom stereocenters. The van der Waals surface area contributed by atoms with E-state index in [1.807, 2.05) is 35.0 Å². The first-order valence-corrected chi connectivity index (χ1v) is 13.0. The summed E-state index contributed by atoms with van der Waals surface area (Å²) in [4.78, 5) is 28.9. The van der Waals surface area contributed by atoms with Gasteiger partial charge in [-0.05, 0) is 52.2 Å². The number of carbonyl (C=O) groups excluding carboxylic acids is 2. The molecule has 4 nitrogen and oxygen atoms in total. The van der Waals surface area contributed by atoms with Crippen molar-refractivity contribution in [1.82, 2.24) is 5.32 Å². The number of hydrogen-bond donors (Lipinski definition) is 1. The van der Waals surface area contributed by atoms with Gasteiger partial charge in [-0.15, -0.1) is 11.8 Å². The van der Waals surface area contributed by atoms with Crippen molar-refractivity contribution < 1.29 is 18.4 Å². The molecule has 2 saturated heterocycles. The van der Waals surface area contributed by atoms with Crippen molar-refractivity contribution >= 4 is 52.1 Å². The molecule has 2 fully saturated rings. The number of halogens is 3. The van der Waals surface area contributed by atoms with Gasteiger partial charge in [0.25, 0.3) is 5.92 Å². The Morgan fingerprint density at radius 1 is 1.06 bits per heavy atom. The number of thiophene rings is 1. The van der Waals surface area contributed by atoms with Crippen molar-refractivity contribution in [2.24, 2.45) is 0 Å². The Morgan fingerprint density at radius 3 is 2.44 bits per heavy atom. The number of benzene rings is 2. The van der Waals surface area contributed by atoms with Gasteiger partial charge in [-0.3, -0.25) is 9.59 Å². The van der Waals surface area contributed by atoms with Gasteiger partial charge < -0.3 is 10.2 Å². The fraction of sp³-hybridized carbons (Fsp3) is 0.280. The molecular weight excluding hydrogens is 498 g/mol. The molecule has 2 aromatic carbocycles. The molecule has 2 atom stereocenters. The van der Waals surface area contributed by atoms with Crippen LogP contribution in [0.25, 0.3) is 0 Å². The van der Waals surface area contributed by atoms with Crippen molar-refractivity contribution in [3.63, 3.8) is 0 Å². The smallest absolute Gasteiger partial charge is 0.266 e. The van der Waals surface area contributed by atoms with Crippen molar-refractivity contribution in [2.75, 3.05) is 18.0 Å².